The second-order valence-electron chi connectivity index (χ2n) is 4.80. The highest BCUT2D eigenvalue weighted by atomic mass is 16.1. The van der Waals surface area contributed by atoms with Crippen LogP contribution >= 0.6 is 0 Å². The Morgan fingerprint density at radius 1 is 1.06 bits per heavy atom. The van der Waals surface area contributed by atoms with E-state index >= 15 is 0 Å². The summed E-state index contributed by atoms with van der Waals surface area (Å²) >= 11 is 0. The third kappa shape index (κ3) is 1.64. The molecule has 2 atom stereocenters. The van der Waals surface area contributed by atoms with Crippen molar-refractivity contribution in [3.63, 3.8) is 0 Å². The molecule has 2 heteroatoms. The van der Waals surface area contributed by atoms with Gasteiger partial charge in [0.05, 0.1) is 0 Å². The Morgan fingerprint density at radius 2 is 1.82 bits per heavy atom. The molecule has 0 N–H and O–H groups in total. The lowest BCUT2D eigenvalue weighted by Gasteiger charge is -2.21. The number of hydrogen-bond acceptors (Lipinski definition) is 2. The van der Waals surface area contributed by atoms with Crippen LogP contribution in [0.3, 0.4) is 0 Å². The van der Waals surface area contributed by atoms with Gasteiger partial charge in [0.25, 0.3) is 0 Å². The van der Waals surface area contributed by atoms with Crippen LogP contribution in [0.2, 0.25) is 0 Å². The van der Waals surface area contributed by atoms with Crippen LogP contribution < -0.4 is 0 Å². The Kier molecular flexibility index (Phi) is 2.43. The molecule has 0 bridgehead atoms. The quantitative estimate of drug-likeness (QED) is 0.737. The van der Waals surface area contributed by atoms with E-state index in [2.05, 4.69) is 0 Å². The van der Waals surface area contributed by atoms with E-state index in [9.17, 15) is 9.59 Å². The normalized spacial score (nSPS) is 27.9. The van der Waals surface area contributed by atoms with E-state index in [1.807, 2.05) is 36.4 Å². The molecule has 0 aromatic heterocycles. The van der Waals surface area contributed by atoms with Gasteiger partial charge in [0.2, 0.25) is 0 Å². The molecule has 0 aliphatic heterocycles. The van der Waals surface area contributed by atoms with Crippen molar-refractivity contribution in [1.29, 1.82) is 0 Å². The van der Waals surface area contributed by atoms with Crippen molar-refractivity contribution < 1.29 is 9.59 Å². The second-order valence-corrected chi connectivity index (χ2v) is 4.80. The number of benzene rings is 1. The summed E-state index contributed by atoms with van der Waals surface area (Å²) < 4.78 is 0. The Bertz CT molecular complexity index is 499. The van der Waals surface area contributed by atoms with Gasteiger partial charge >= 0.3 is 0 Å². The SMILES string of the molecule is O=C1CCCC2C(=O)C(c3ccccc3)=CC12. The van der Waals surface area contributed by atoms with Crippen LogP contribution in [-0.2, 0) is 9.59 Å². The molecule has 1 aromatic carbocycles. The topological polar surface area (TPSA) is 34.1 Å². The Balaban J connectivity index is 1.99. The van der Waals surface area contributed by atoms with Crippen LogP contribution in [0.15, 0.2) is 36.4 Å². The molecule has 2 unspecified atom stereocenters. The third-order valence-electron chi connectivity index (χ3n) is 3.78. The lowest BCUT2D eigenvalue weighted by molar-refractivity contribution is -0.129. The number of rotatable bonds is 1. The van der Waals surface area contributed by atoms with E-state index in [4.69, 9.17) is 0 Å². The van der Waals surface area contributed by atoms with Crippen molar-refractivity contribution in [3.8, 4) is 0 Å². The summed E-state index contributed by atoms with van der Waals surface area (Å²) in [6, 6.07) is 9.65. The van der Waals surface area contributed by atoms with E-state index in [1.165, 1.54) is 0 Å². The molecule has 1 saturated carbocycles. The zero-order valence-electron chi connectivity index (χ0n) is 9.56. The van der Waals surface area contributed by atoms with Crippen LogP contribution in [0.4, 0.5) is 0 Å². The first-order valence-electron chi connectivity index (χ1n) is 6.11. The van der Waals surface area contributed by atoms with Gasteiger partial charge in [-0.25, -0.2) is 0 Å². The predicted octanol–water partition coefficient (Wildman–Crippen LogP) is 2.64. The number of carbonyl (C=O) groups is 2. The minimum absolute atomic E-state index is 0.0774. The van der Waals surface area contributed by atoms with Crippen LogP contribution in [0.5, 0.6) is 0 Å². The summed E-state index contributed by atoms with van der Waals surface area (Å²) in [7, 11) is 0. The molecule has 0 spiro atoms. The summed E-state index contributed by atoms with van der Waals surface area (Å²) in [6.07, 6.45) is 4.25. The average Bonchev–Trinajstić information content (AvgIpc) is 2.70. The molecule has 0 saturated heterocycles. The molecule has 2 aliphatic carbocycles. The van der Waals surface area contributed by atoms with Crippen molar-refractivity contribution in [2.75, 3.05) is 0 Å². The lowest BCUT2D eigenvalue weighted by atomic mass is 9.80. The minimum Gasteiger partial charge on any atom is -0.299 e. The smallest absolute Gasteiger partial charge is 0.167 e. The summed E-state index contributed by atoms with van der Waals surface area (Å²) in [6.45, 7) is 0. The maximum atomic E-state index is 12.3. The first-order valence-corrected chi connectivity index (χ1v) is 6.11. The fourth-order valence-corrected chi connectivity index (χ4v) is 2.89. The standard InChI is InChI=1S/C15H14O2/c16-14-8-4-7-11-13(14)9-12(15(11)17)10-5-2-1-3-6-10/h1-3,5-6,9,11,13H,4,7-8H2. The van der Waals surface area contributed by atoms with E-state index in [0.29, 0.717) is 6.42 Å². The van der Waals surface area contributed by atoms with E-state index < -0.39 is 0 Å². The molecule has 0 amide bonds. The first-order chi connectivity index (χ1) is 8.27. The monoisotopic (exact) mass is 226 g/mol. The maximum absolute atomic E-state index is 12.3. The van der Waals surface area contributed by atoms with Crippen molar-refractivity contribution in [2.45, 2.75) is 19.3 Å². The fourth-order valence-electron chi connectivity index (χ4n) is 2.89. The first kappa shape index (κ1) is 10.5. The molecule has 17 heavy (non-hydrogen) atoms. The summed E-state index contributed by atoms with van der Waals surface area (Å²) in [4.78, 5) is 24.1. The molecule has 2 aliphatic rings. The molecule has 86 valence electrons. The molecular weight excluding hydrogens is 212 g/mol. The van der Waals surface area contributed by atoms with Crippen LogP contribution in [-0.4, -0.2) is 11.6 Å². The third-order valence-corrected chi connectivity index (χ3v) is 3.78. The van der Waals surface area contributed by atoms with Gasteiger partial charge in [-0.3, -0.25) is 9.59 Å². The largest absolute Gasteiger partial charge is 0.299 e. The van der Waals surface area contributed by atoms with Crippen molar-refractivity contribution >= 4 is 17.1 Å². The summed E-state index contributed by atoms with van der Waals surface area (Å²) in [5.74, 6) is 0.174. The number of hydrogen-bond donors (Lipinski definition) is 0. The molecular formula is C15H14O2. The van der Waals surface area contributed by atoms with Crippen LogP contribution in [0.25, 0.3) is 5.57 Å². The molecule has 3 rings (SSSR count). The number of ketones is 2. The maximum Gasteiger partial charge on any atom is 0.167 e. The predicted molar refractivity (Wildman–Crippen MR) is 65.3 cm³/mol. The Morgan fingerprint density at radius 3 is 2.53 bits per heavy atom. The Hall–Kier alpha value is -1.70. The number of Topliss-reactive ketones (excluding diaryl/α,β-unsaturated/α-hetero) is 2. The molecule has 1 aromatic rings. The van der Waals surface area contributed by atoms with Gasteiger partial charge in [-0.05, 0) is 18.4 Å². The zero-order valence-corrected chi connectivity index (χ0v) is 9.56. The minimum atomic E-state index is -0.147. The highest BCUT2D eigenvalue weighted by molar-refractivity contribution is 6.26. The highest BCUT2D eigenvalue weighted by Gasteiger charge is 2.41. The van der Waals surface area contributed by atoms with Gasteiger partial charge in [-0.1, -0.05) is 36.4 Å². The van der Waals surface area contributed by atoms with E-state index in [1.54, 1.807) is 0 Å². The number of carbonyl (C=O) groups excluding carboxylic acids is 2. The summed E-state index contributed by atoms with van der Waals surface area (Å²) in [5.41, 5.74) is 1.69. The van der Waals surface area contributed by atoms with Gasteiger partial charge in [0.15, 0.2) is 5.78 Å². The number of allylic oxidation sites excluding steroid dienone is 2. The van der Waals surface area contributed by atoms with Crippen molar-refractivity contribution in [3.05, 3.63) is 42.0 Å². The van der Waals surface area contributed by atoms with Gasteiger partial charge in [-0.2, -0.15) is 0 Å². The zero-order chi connectivity index (χ0) is 11.8. The van der Waals surface area contributed by atoms with E-state index in [-0.39, 0.29) is 23.4 Å². The summed E-state index contributed by atoms with van der Waals surface area (Å²) in [5, 5.41) is 0. The highest BCUT2D eigenvalue weighted by Crippen LogP contribution is 2.40. The Labute approximate surface area is 100 Å². The fraction of sp³-hybridized carbons (Fsp3) is 0.333. The van der Waals surface area contributed by atoms with Crippen LogP contribution in [0.1, 0.15) is 24.8 Å². The molecule has 1 fully saturated rings. The van der Waals surface area contributed by atoms with Crippen LogP contribution in [0, 0.1) is 11.8 Å². The van der Waals surface area contributed by atoms with Gasteiger partial charge in [-0.15, -0.1) is 0 Å². The van der Waals surface area contributed by atoms with Gasteiger partial charge < -0.3 is 0 Å². The lowest BCUT2D eigenvalue weighted by Crippen LogP contribution is -2.27. The molecule has 0 heterocycles. The second kappa shape index (κ2) is 3.95. The number of fused-ring (bicyclic) bond motifs is 1. The van der Waals surface area contributed by atoms with Crippen molar-refractivity contribution in [1.82, 2.24) is 0 Å². The average molecular weight is 226 g/mol. The van der Waals surface area contributed by atoms with Gasteiger partial charge in [0, 0.05) is 23.8 Å². The van der Waals surface area contributed by atoms with E-state index in [0.717, 1.165) is 24.0 Å². The molecule has 0 radical (unpaired) electrons. The van der Waals surface area contributed by atoms with Crippen molar-refractivity contribution in [2.24, 2.45) is 11.8 Å². The van der Waals surface area contributed by atoms with Gasteiger partial charge in [0.1, 0.15) is 5.78 Å². The molecule has 2 nitrogen and oxygen atoms in total.